The van der Waals surface area contributed by atoms with Crippen LogP contribution in [0.3, 0.4) is 0 Å². The van der Waals surface area contributed by atoms with E-state index in [2.05, 4.69) is 24.3 Å². The van der Waals surface area contributed by atoms with Crippen LogP contribution in [-0.2, 0) is 0 Å². The van der Waals surface area contributed by atoms with Crippen molar-refractivity contribution >= 4 is 44.1 Å². The van der Waals surface area contributed by atoms with E-state index in [1.807, 2.05) is 24.3 Å². The third kappa shape index (κ3) is 2.40. The molecule has 0 saturated heterocycles. The number of aliphatic hydroxyl groups is 4. The van der Waals surface area contributed by atoms with E-state index in [9.17, 15) is 20.4 Å². The highest BCUT2D eigenvalue weighted by Crippen LogP contribution is 2.49. The normalized spacial score (nSPS) is 25.5. The van der Waals surface area contributed by atoms with Crippen molar-refractivity contribution in [1.82, 2.24) is 0 Å². The monoisotopic (exact) mass is 380 g/mol. The third-order valence-electron chi connectivity index (χ3n) is 5.70. The van der Waals surface area contributed by atoms with Crippen LogP contribution in [0.2, 0.25) is 0 Å². The molecule has 0 saturated carbocycles. The lowest BCUT2D eigenvalue weighted by molar-refractivity contribution is -0.0694. The smallest absolute Gasteiger partial charge is 0.111 e. The van der Waals surface area contributed by atoms with Crippen molar-refractivity contribution in [3.05, 3.63) is 59.7 Å². The maximum absolute atomic E-state index is 10.7. The number of hydrogen-bond donors (Lipinski definition) is 4. The summed E-state index contributed by atoms with van der Waals surface area (Å²) in [7, 11) is 0. The first-order valence-electron chi connectivity index (χ1n) is 9.09. The van der Waals surface area contributed by atoms with Crippen LogP contribution in [0.4, 0.5) is 0 Å². The van der Waals surface area contributed by atoms with Gasteiger partial charge in [-0.25, -0.2) is 0 Å². The molecule has 4 aromatic rings. The maximum Gasteiger partial charge on any atom is 0.111 e. The zero-order chi connectivity index (χ0) is 18.7. The Morgan fingerprint density at radius 3 is 2.26 bits per heavy atom. The molecule has 0 bridgehead atoms. The Balaban J connectivity index is 1.90. The number of fused-ring (bicyclic) bond motifs is 2. The quantitative estimate of drug-likeness (QED) is 0.411. The second kappa shape index (κ2) is 6.33. The predicted molar refractivity (Wildman–Crippen MR) is 109 cm³/mol. The van der Waals surface area contributed by atoms with Gasteiger partial charge in [0.1, 0.15) is 12.2 Å². The zero-order valence-corrected chi connectivity index (χ0v) is 15.4. The summed E-state index contributed by atoms with van der Waals surface area (Å²) in [6.07, 6.45) is -3.48. The highest BCUT2D eigenvalue weighted by atomic mass is 32.2. The van der Waals surface area contributed by atoms with Crippen molar-refractivity contribution in [3.8, 4) is 0 Å². The first-order chi connectivity index (χ1) is 13.1. The summed E-state index contributed by atoms with van der Waals surface area (Å²) in [5, 5.41) is 47.2. The summed E-state index contributed by atoms with van der Waals surface area (Å²) < 4.78 is 0. The van der Waals surface area contributed by atoms with Gasteiger partial charge in [0.25, 0.3) is 0 Å². The molecule has 4 atom stereocenters. The largest absolute Gasteiger partial charge is 0.396 e. The fraction of sp³-hybridized carbons (Fsp3) is 0.273. The molecule has 4 N–H and O–H groups in total. The summed E-state index contributed by atoms with van der Waals surface area (Å²) in [6.45, 7) is -0.00625. The Morgan fingerprint density at radius 2 is 1.52 bits per heavy atom. The first kappa shape index (κ1) is 17.2. The number of thioether (sulfide) groups is 1. The standard InChI is InChI=1S/C22H20O4S/c23-8-9-27-22-18-14-7-6-12-3-1-2-11-4-5-13(17(14)16(11)12)10-15(18)19(24)20(25)21(22)26/h1-7,10,19-26H,8-9H2/t19-,20+,21-,22+/m1/s1. The maximum atomic E-state index is 10.7. The summed E-state index contributed by atoms with van der Waals surface area (Å²) in [4.78, 5) is 0. The summed E-state index contributed by atoms with van der Waals surface area (Å²) in [6, 6.07) is 16.4. The van der Waals surface area contributed by atoms with Gasteiger partial charge in [0, 0.05) is 5.75 Å². The van der Waals surface area contributed by atoms with Gasteiger partial charge >= 0.3 is 0 Å². The van der Waals surface area contributed by atoms with E-state index in [0.29, 0.717) is 11.3 Å². The summed E-state index contributed by atoms with van der Waals surface area (Å²) >= 11 is 1.41. The molecule has 4 aromatic carbocycles. The lowest BCUT2D eigenvalue weighted by Crippen LogP contribution is -2.41. The molecule has 5 heteroatoms. The van der Waals surface area contributed by atoms with Gasteiger partial charge in [-0.2, -0.15) is 0 Å². The molecule has 0 heterocycles. The molecule has 1 aliphatic carbocycles. The van der Waals surface area contributed by atoms with Crippen LogP contribution in [0, 0.1) is 0 Å². The van der Waals surface area contributed by atoms with Crippen molar-refractivity contribution in [2.75, 3.05) is 12.4 Å². The molecule has 0 unspecified atom stereocenters. The number of aliphatic hydroxyl groups excluding tert-OH is 4. The van der Waals surface area contributed by atoms with E-state index in [1.165, 1.54) is 17.1 Å². The van der Waals surface area contributed by atoms with Gasteiger partial charge in [0.15, 0.2) is 0 Å². The Labute approximate surface area is 160 Å². The molecule has 1 aliphatic rings. The molecule has 138 valence electrons. The van der Waals surface area contributed by atoms with Crippen LogP contribution in [0.15, 0.2) is 48.5 Å². The number of benzene rings is 4. The van der Waals surface area contributed by atoms with Crippen LogP contribution < -0.4 is 0 Å². The molecule has 0 fully saturated rings. The van der Waals surface area contributed by atoms with Gasteiger partial charge < -0.3 is 20.4 Å². The van der Waals surface area contributed by atoms with E-state index in [0.717, 1.165) is 32.5 Å². The molecule has 4 nitrogen and oxygen atoms in total. The molecular weight excluding hydrogens is 360 g/mol. The molecule has 0 amide bonds. The van der Waals surface area contributed by atoms with E-state index in [4.69, 9.17) is 0 Å². The van der Waals surface area contributed by atoms with Crippen LogP contribution >= 0.6 is 11.8 Å². The van der Waals surface area contributed by atoms with Gasteiger partial charge in [0.2, 0.25) is 0 Å². The molecular formula is C22H20O4S. The van der Waals surface area contributed by atoms with Crippen molar-refractivity contribution in [3.63, 3.8) is 0 Å². The van der Waals surface area contributed by atoms with Gasteiger partial charge in [-0.1, -0.05) is 42.5 Å². The minimum atomic E-state index is -1.25. The van der Waals surface area contributed by atoms with E-state index >= 15 is 0 Å². The van der Waals surface area contributed by atoms with Crippen LogP contribution in [0.5, 0.6) is 0 Å². The van der Waals surface area contributed by atoms with Gasteiger partial charge in [-0.05, 0) is 49.5 Å². The van der Waals surface area contributed by atoms with Crippen molar-refractivity contribution in [2.45, 2.75) is 23.6 Å². The molecule has 5 rings (SSSR count). The van der Waals surface area contributed by atoms with Crippen LogP contribution in [0.1, 0.15) is 22.5 Å². The van der Waals surface area contributed by atoms with Gasteiger partial charge in [0.05, 0.1) is 18.0 Å². The Morgan fingerprint density at radius 1 is 0.815 bits per heavy atom. The van der Waals surface area contributed by atoms with E-state index < -0.39 is 23.6 Å². The predicted octanol–water partition coefficient (Wildman–Crippen LogP) is 3.12. The second-order valence-corrected chi connectivity index (χ2v) is 8.43. The van der Waals surface area contributed by atoms with Crippen LogP contribution in [0.25, 0.3) is 32.3 Å². The minimum Gasteiger partial charge on any atom is -0.396 e. The van der Waals surface area contributed by atoms with Crippen molar-refractivity contribution in [2.24, 2.45) is 0 Å². The lowest BCUT2D eigenvalue weighted by Gasteiger charge is -2.38. The lowest BCUT2D eigenvalue weighted by atomic mass is 9.80. The molecule has 0 aromatic heterocycles. The molecule has 0 radical (unpaired) electrons. The van der Waals surface area contributed by atoms with Crippen molar-refractivity contribution in [1.29, 1.82) is 0 Å². The average Bonchev–Trinajstić information content (AvgIpc) is 2.70. The van der Waals surface area contributed by atoms with Crippen LogP contribution in [-0.4, -0.2) is 45.0 Å². The van der Waals surface area contributed by atoms with Crippen molar-refractivity contribution < 1.29 is 20.4 Å². The Bertz CT molecular complexity index is 1130. The minimum absolute atomic E-state index is 0.00625. The summed E-state index contributed by atoms with van der Waals surface area (Å²) in [5.74, 6) is 0.450. The summed E-state index contributed by atoms with van der Waals surface area (Å²) in [5.41, 5.74) is 1.53. The fourth-order valence-corrected chi connectivity index (χ4v) is 5.65. The highest BCUT2D eigenvalue weighted by molar-refractivity contribution is 7.99. The third-order valence-corrected chi connectivity index (χ3v) is 6.99. The van der Waals surface area contributed by atoms with Gasteiger partial charge in [-0.15, -0.1) is 11.8 Å². The highest BCUT2D eigenvalue weighted by Gasteiger charge is 2.42. The zero-order valence-electron chi connectivity index (χ0n) is 14.5. The average molecular weight is 380 g/mol. The van der Waals surface area contributed by atoms with E-state index in [-0.39, 0.29) is 6.61 Å². The van der Waals surface area contributed by atoms with E-state index in [1.54, 1.807) is 0 Å². The molecule has 0 aliphatic heterocycles. The topological polar surface area (TPSA) is 80.9 Å². The van der Waals surface area contributed by atoms with Gasteiger partial charge in [-0.3, -0.25) is 0 Å². The first-order valence-corrected chi connectivity index (χ1v) is 10.1. The Hall–Kier alpha value is -1.89. The molecule has 0 spiro atoms. The fourth-order valence-electron chi connectivity index (χ4n) is 4.50. The SMILES string of the molecule is OCCS[C@H]1c2c(cc3ccc4cccc5ccc2c3c45)[C@@H](O)[C@H](O)[C@H]1O. The Kier molecular flexibility index (Phi) is 4.04. The molecule has 27 heavy (non-hydrogen) atoms. The second-order valence-electron chi connectivity index (χ2n) is 7.18. The number of rotatable bonds is 3. The number of hydrogen-bond acceptors (Lipinski definition) is 5.